The fraction of sp³-hybridized carbons (Fsp3) is 0.120. The van der Waals surface area contributed by atoms with Crippen LogP contribution in [0, 0.1) is 0 Å². The number of amides is 2. The van der Waals surface area contributed by atoms with Crippen molar-refractivity contribution in [3.63, 3.8) is 0 Å². The van der Waals surface area contributed by atoms with Crippen molar-refractivity contribution in [2.24, 2.45) is 0 Å². The molecule has 6 heteroatoms. The van der Waals surface area contributed by atoms with Crippen molar-refractivity contribution < 1.29 is 19.4 Å². The highest BCUT2D eigenvalue weighted by atomic mass is 32.2. The van der Waals surface area contributed by atoms with E-state index in [1.807, 2.05) is 42.5 Å². The van der Waals surface area contributed by atoms with Gasteiger partial charge in [-0.3, -0.25) is 14.5 Å². The molecule has 0 saturated carbocycles. The lowest BCUT2D eigenvalue weighted by atomic mass is 10.0. The van der Waals surface area contributed by atoms with Crippen molar-refractivity contribution in [3.8, 4) is 11.5 Å². The Labute approximate surface area is 184 Å². The lowest BCUT2D eigenvalue weighted by Gasteiger charge is -2.14. The van der Waals surface area contributed by atoms with Gasteiger partial charge in [-0.2, -0.15) is 0 Å². The number of rotatable bonds is 6. The largest absolute Gasteiger partial charge is 0.504 e. The second kappa shape index (κ2) is 8.70. The lowest BCUT2D eigenvalue weighted by Crippen LogP contribution is -2.27. The van der Waals surface area contributed by atoms with E-state index in [9.17, 15) is 14.7 Å². The van der Waals surface area contributed by atoms with Gasteiger partial charge in [-0.05, 0) is 58.3 Å². The first-order valence-electron chi connectivity index (χ1n) is 9.74. The van der Waals surface area contributed by atoms with Gasteiger partial charge in [-0.15, -0.1) is 6.58 Å². The Morgan fingerprint density at radius 2 is 1.87 bits per heavy atom. The van der Waals surface area contributed by atoms with Crippen molar-refractivity contribution >= 4 is 39.8 Å². The van der Waals surface area contributed by atoms with Crippen LogP contribution in [-0.4, -0.2) is 28.3 Å². The molecule has 0 unspecified atom stereocenters. The van der Waals surface area contributed by atoms with Gasteiger partial charge in [0.15, 0.2) is 11.5 Å². The Balaban J connectivity index is 1.65. The van der Waals surface area contributed by atoms with E-state index in [0.29, 0.717) is 28.2 Å². The third-order valence-electron chi connectivity index (χ3n) is 5.14. The summed E-state index contributed by atoms with van der Waals surface area (Å²) in [7, 11) is 1.47. The number of fused-ring (bicyclic) bond motifs is 1. The molecule has 3 aromatic carbocycles. The fourth-order valence-corrected chi connectivity index (χ4v) is 4.47. The number of phenols is 1. The van der Waals surface area contributed by atoms with E-state index in [0.717, 1.165) is 28.1 Å². The summed E-state index contributed by atoms with van der Waals surface area (Å²) in [5.74, 6) is 0.0180. The summed E-state index contributed by atoms with van der Waals surface area (Å²) in [5, 5.41) is 12.0. The molecule has 5 nitrogen and oxygen atoms in total. The van der Waals surface area contributed by atoms with Crippen LogP contribution in [0.2, 0.25) is 0 Å². The first-order chi connectivity index (χ1) is 15.0. The van der Waals surface area contributed by atoms with Gasteiger partial charge in [0, 0.05) is 5.56 Å². The van der Waals surface area contributed by atoms with E-state index in [2.05, 4.69) is 6.58 Å². The number of phenolic OH excluding ortho intramolecular Hbond substituents is 1. The summed E-state index contributed by atoms with van der Waals surface area (Å²) in [5.41, 5.74) is 2.22. The number of carbonyl (C=O) groups is 2. The Morgan fingerprint density at radius 3 is 2.65 bits per heavy atom. The monoisotopic (exact) mass is 431 g/mol. The van der Waals surface area contributed by atoms with Crippen LogP contribution in [0.5, 0.6) is 11.5 Å². The molecule has 2 amide bonds. The number of ether oxygens (including phenoxy) is 1. The summed E-state index contributed by atoms with van der Waals surface area (Å²) in [6, 6.07) is 17.2. The molecular weight excluding hydrogens is 410 g/mol. The Kier molecular flexibility index (Phi) is 5.82. The van der Waals surface area contributed by atoms with Gasteiger partial charge in [0.25, 0.3) is 11.1 Å². The third kappa shape index (κ3) is 4.07. The zero-order chi connectivity index (χ0) is 22.0. The summed E-state index contributed by atoms with van der Waals surface area (Å²) >= 11 is 0.913. The third-order valence-corrected chi connectivity index (χ3v) is 6.05. The minimum atomic E-state index is -0.333. The highest BCUT2D eigenvalue weighted by Gasteiger charge is 2.35. The molecule has 0 atom stereocenters. The molecule has 4 rings (SSSR count). The molecule has 1 aliphatic rings. The van der Waals surface area contributed by atoms with Crippen molar-refractivity contribution in [1.82, 2.24) is 4.90 Å². The second-order valence-corrected chi connectivity index (χ2v) is 8.12. The number of allylic oxidation sites excluding steroid dienone is 1. The van der Waals surface area contributed by atoms with Gasteiger partial charge in [0.1, 0.15) is 0 Å². The van der Waals surface area contributed by atoms with E-state index in [1.165, 1.54) is 12.0 Å². The van der Waals surface area contributed by atoms with Crippen LogP contribution in [0.3, 0.4) is 0 Å². The maximum absolute atomic E-state index is 13.0. The first kappa shape index (κ1) is 20.8. The Morgan fingerprint density at radius 1 is 1.10 bits per heavy atom. The predicted octanol–water partition coefficient (Wildman–Crippen LogP) is 5.52. The number of methoxy groups -OCH3 is 1. The van der Waals surface area contributed by atoms with Crippen LogP contribution in [0.1, 0.15) is 16.7 Å². The smallest absolute Gasteiger partial charge is 0.293 e. The van der Waals surface area contributed by atoms with Gasteiger partial charge >= 0.3 is 0 Å². The summed E-state index contributed by atoms with van der Waals surface area (Å²) < 4.78 is 5.24. The summed E-state index contributed by atoms with van der Waals surface area (Å²) in [6.07, 6.45) is 3.78. The number of carbonyl (C=O) groups excluding carboxylic acids is 2. The van der Waals surface area contributed by atoms with Crippen molar-refractivity contribution in [3.05, 3.63) is 88.8 Å². The number of aromatic hydroxyl groups is 1. The number of benzene rings is 3. The van der Waals surface area contributed by atoms with Crippen LogP contribution in [0.4, 0.5) is 4.79 Å². The molecule has 0 bridgehead atoms. The second-order valence-electron chi connectivity index (χ2n) is 7.13. The number of imide groups is 1. The van der Waals surface area contributed by atoms with Crippen LogP contribution in [0.25, 0.3) is 16.8 Å². The maximum atomic E-state index is 13.0. The fourth-order valence-electron chi connectivity index (χ4n) is 3.63. The molecule has 0 spiro atoms. The zero-order valence-electron chi connectivity index (χ0n) is 17.0. The molecule has 3 aromatic rings. The van der Waals surface area contributed by atoms with Crippen LogP contribution < -0.4 is 4.74 Å². The van der Waals surface area contributed by atoms with Gasteiger partial charge in [-0.1, -0.05) is 48.5 Å². The molecule has 156 valence electrons. The van der Waals surface area contributed by atoms with Gasteiger partial charge in [-0.25, -0.2) is 0 Å². The maximum Gasteiger partial charge on any atom is 0.293 e. The first-order valence-corrected chi connectivity index (χ1v) is 10.6. The molecule has 0 aromatic heterocycles. The van der Waals surface area contributed by atoms with E-state index in [-0.39, 0.29) is 23.4 Å². The molecule has 1 saturated heterocycles. The quantitative estimate of drug-likeness (QED) is 0.411. The summed E-state index contributed by atoms with van der Waals surface area (Å²) in [6.45, 7) is 3.91. The van der Waals surface area contributed by atoms with Gasteiger partial charge in [0.05, 0.1) is 18.6 Å². The molecule has 1 fully saturated rings. The van der Waals surface area contributed by atoms with Crippen LogP contribution in [-0.2, 0) is 17.8 Å². The minimum absolute atomic E-state index is 0.0450. The number of nitrogens with zero attached hydrogens (tertiary/aromatic N) is 1. The van der Waals surface area contributed by atoms with Crippen molar-refractivity contribution in [2.45, 2.75) is 13.0 Å². The van der Waals surface area contributed by atoms with Gasteiger partial charge < -0.3 is 9.84 Å². The molecule has 1 N–H and O–H groups in total. The molecule has 1 heterocycles. The van der Waals surface area contributed by atoms with E-state index in [4.69, 9.17) is 4.74 Å². The summed E-state index contributed by atoms with van der Waals surface area (Å²) in [4.78, 5) is 27.2. The Hall–Kier alpha value is -3.51. The number of thioether (sulfide) groups is 1. The minimum Gasteiger partial charge on any atom is -0.504 e. The molecule has 31 heavy (non-hydrogen) atoms. The van der Waals surface area contributed by atoms with Crippen molar-refractivity contribution in [2.75, 3.05) is 7.11 Å². The highest BCUT2D eigenvalue weighted by Crippen LogP contribution is 2.37. The molecule has 1 aliphatic heterocycles. The van der Waals surface area contributed by atoms with Gasteiger partial charge in [0.2, 0.25) is 0 Å². The zero-order valence-corrected chi connectivity index (χ0v) is 17.8. The van der Waals surface area contributed by atoms with E-state index < -0.39 is 0 Å². The van der Waals surface area contributed by atoms with Crippen molar-refractivity contribution in [1.29, 1.82) is 0 Å². The number of hydrogen-bond acceptors (Lipinski definition) is 5. The standard InChI is InChI=1S/C25H21NO4S/c1-3-7-18-12-16(13-21(30-2)23(18)27)14-22-24(28)26(25(29)31-22)15-19-10-6-9-17-8-4-5-11-20(17)19/h3-6,8-14,27H,1,7,15H2,2H3/b22-14+. The highest BCUT2D eigenvalue weighted by molar-refractivity contribution is 8.18. The average Bonchev–Trinajstić information content (AvgIpc) is 3.03. The topological polar surface area (TPSA) is 66.8 Å². The lowest BCUT2D eigenvalue weighted by molar-refractivity contribution is -0.123. The Bertz CT molecular complexity index is 1230. The SMILES string of the molecule is C=CCc1cc(/C=C2/SC(=O)N(Cc3cccc4ccccc34)C2=O)cc(OC)c1O. The average molecular weight is 432 g/mol. The van der Waals surface area contributed by atoms with E-state index in [1.54, 1.807) is 24.3 Å². The molecular formula is C25H21NO4S. The number of hydrogen-bond donors (Lipinski definition) is 1. The van der Waals surface area contributed by atoms with Crippen LogP contribution in [0.15, 0.2) is 72.2 Å². The molecule has 0 aliphatic carbocycles. The van der Waals surface area contributed by atoms with E-state index >= 15 is 0 Å². The normalized spacial score (nSPS) is 15.1. The predicted molar refractivity (Wildman–Crippen MR) is 124 cm³/mol. The molecule has 0 radical (unpaired) electrons. The van der Waals surface area contributed by atoms with Crippen LogP contribution >= 0.6 is 11.8 Å².